The Morgan fingerprint density at radius 2 is 1.72 bits per heavy atom. The van der Waals surface area contributed by atoms with Crippen molar-refractivity contribution in [2.45, 2.75) is 30.8 Å². The van der Waals surface area contributed by atoms with Crippen LogP contribution in [0.2, 0.25) is 0 Å². The Bertz CT molecular complexity index is 1250. The molecule has 1 amide bonds. The number of carbonyl (C=O) groups excluding carboxylic acids is 1. The maximum Gasteiger partial charge on any atom is 0.435 e. The van der Waals surface area contributed by atoms with Gasteiger partial charge in [0.05, 0.1) is 10.6 Å². The van der Waals surface area contributed by atoms with Gasteiger partial charge in [-0.15, -0.1) is 0 Å². The van der Waals surface area contributed by atoms with Gasteiger partial charge in [0.1, 0.15) is 17.3 Å². The Morgan fingerprint density at radius 3 is 2.28 bits per heavy atom. The van der Waals surface area contributed by atoms with E-state index in [4.69, 9.17) is 0 Å². The van der Waals surface area contributed by atoms with Crippen LogP contribution in [0.1, 0.15) is 25.5 Å². The molecule has 0 aliphatic carbocycles. The summed E-state index contributed by atoms with van der Waals surface area (Å²) in [5.41, 5.74) is -1.86. The summed E-state index contributed by atoms with van der Waals surface area (Å²) in [6.45, 7) is 1.67. The zero-order chi connectivity index (χ0) is 23.7. The van der Waals surface area contributed by atoms with Gasteiger partial charge in [-0.05, 0) is 55.0 Å². The van der Waals surface area contributed by atoms with Crippen molar-refractivity contribution in [1.29, 1.82) is 0 Å². The number of benzene rings is 2. The molecular weight excluding hydrogens is 457 g/mol. The molecule has 3 rings (SSSR count). The third-order valence-corrected chi connectivity index (χ3v) is 5.69. The van der Waals surface area contributed by atoms with E-state index in [0.717, 1.165) is 24.3 Å². The lowest BCUT2D eigenvalue weighted by molar-refractivity contribution is -0.141. The summed E-state index contributed by atoms with van der Waals surface area (Å²) in [4.78, 5) is 11.0. The number of nitrogens with one attached hydrogen (secondary N) is 1. The van der Waals surface area contributed by atoms with Gasteiger partial charge >= 0.3 is 6.18 Å². The summed E-state index contributed by atoms with van der Waals surface area (Å²) < 4.78 is 94.7. The van der Waals surface area contributed by atoms with Crippen LogP contribution in [-0.4, -0.2) is 24.1 Å². The van der Waals surface area contributed by atoms with Crippen molar-refractivity contribution in [2.75, 3.05) is 0 Å². The second-order valence-corrected chi connectivity index (χ2v) is 8.41. The fraction of sp³-hybridized carbons (Fsp3) is 0.200. The van der Waals surface area contributed by atoms with E-state index in [-0.39, 0.29) is 17.7 Å². The van der Waals surface area contributed by atoms with Gasteiger partial charge in [0, 0.05) is 12.0 Å². The minimum Gasteiger partial charge on any atom is -0.274 e. The Hall–Kier alpha value is -3.28. The zero-order valence-electron chi connectivity index (χ0n) is 16.5. The van der Waals surface area contributed by atoms with Gasteiger partial charge in [-0.3, -0.25) is 4.79 Å². The number of rotatable bonds is 6. The van der Waals surface area contributed by atoms with Gasteiger partial charge in [0.25, 0.3) is 10.0 Å². The number of alkyl halides is 3. The van der Waals surface area contributed by atoms with Crippen LogP contribution in [0.25, 0.3) is 16.9 Å². The van der Waals surface area contributed by atoms with Crippen LogP contribution < -0.4 is 4.72 Å². The van der Waals surface area contributed by atoms with E-state index in [9.17, 15) is 35.2 Å². The van der Waals surface area contributed by atoms with Crippen LogP contribution in [0.3, 0.4) is 0 Å². The first kappa shape index (κ1) is 23.4. The molecule has 0 saturated carbocycles. The molecule has 12 heteroatoms. The highest BCUT2D eigenvalue weighted by Gasteiger charge is 2.35. The van der Waals surface area contributed by atoms with Crippen molar-refractivity contribution < 1.29 is 35.2 Å². The van der Waals surface area contributed by atoms with Crippen molar-refractivity contribution in [3.05, 3.63) is 65.9 Å². The van der Waals surface area contributed by atoms with Crippen molar-refractivity contribution in [2.24, 2.45) is 0 Å². The summed E-state index contributed by atoms with van der Waals surface area (Å²) >= 11 is 0. The summed E-state index contributed by atoms with van der Waals surface area (Å²) in [5.74, 6) is -2.60. The number of halogens is 5. The van der Waals surface area contributed by atoms with Crippen LogP contribution in [0, 0.1) is 11.6 Å². The topological polar surface area (TPSA) is 81.1 Å². The Kier molecular flexibility index (Phi) is 6.35. The summed E-state index contributed by atoms with van der Waals surface area (Å²) in [7, 11) is -4.38. The number of carbonyl (C=O) groups is 1. The van der Waals surface area contributed by atoms with Gasteiger partial charge in [0.2, 0.25) is 5.91 Å². The predicted molar refractivity (Wildman–Crippen MR) is 104 cm³/mol. The lowest BCUT2D eigenvalue weighted by atomic mass is 10.1. The molecule has 1 aromatic heterocycles. The molecule has 0 atom stereocenters. The van der Waals surface area contributed by atoms with Crippen molar-refractivity contribution in [3.63, 3.8) is 0 Å². The zero-order valence-corrected chi connectivity index (χ0v) is 17.3. The monoisotopic (exact) mass is 473 g/mol. The SMILES string of the molecule is CCCC(=O)NS(=O)(=O)c1ccc(-n2nc(C(F)(F)F)cc2-c2ccc(F)cc2)c(F)c1. The van der Waals surface area contributed by atoms with Crippen LogP contribution >= 0.6 is 0 Å². The normalized spacial score (nSPS) is 12.1. The Morgan fingerprint density at radius 1 is 1.06 bits per heavy atom. The highest BCUT2D eigenvalue weighted by molar-refractivity contribution is 7.90. The molecule has 170 valence electrons. The second kappa shape index (κ2) is 8.69. The van der Waals surface area contributed by atoms with Gasteiger partial charge in [-0.25, -0.2) is 26.6 Å². The third-order valence-electron chi connectivity index (χ3n) is 4.32. The third kappa shape index (κ3) is 4.96. The molecule has 6 nitrogen and oxygen atoms in total. The molecule has 0 radical (unpaired) electrons. The minimum atomic E-state index is -4.84. The number of sulfonamides is 1. The summed E-state index contributed by atoms with van der Waals surface area (Å²) in [6, 6.07) is 7.53. The first-order valence-electron chi connectivity index (χ1n) is 9.21. The first-order valence-corrected chi connectivity index (χ1v) is 10.7. The molecule has 1 heterocycles. The highest BCUT2D eigenvalue weighted by atomic mass is 32.2. The molecule has 32 heavy (non-hydrogen) atoms. The fourth-order valence-corrected chi connectivity index (χ4v) is 3.87. The van der Waals surface area contributed by atoms with E-state index >= 15 is 0 Å². The van der Waals surface area contributed by atoms with E-state index in [2.05, 4.69) is 5.10 Å². The number of aromatic nitrogens is 2. The maximum atomic E-state index is 14.8. The fourth-order valence-electron chi connectivity index (χ4n) is 2.84. The first-order chi connectivity index (χ1) is 14.9. The number of amides is 1. The number of nitrogens with zero attached hydrogens (tertiary/aromatic N) is 2. The van der Waals surface area contributed by atoms with Crippen LogP contribution in [-0.2, 0) is 21.0 Å². The average Bonchev–Trinajstić information content (AvgIpc) is 3.14. The number of hydrogen-bond acceptors (Lipinski definition) is 4. The van der Waals surface area contributed by atoms with Crippen LogP contribution in [0.15, 0.2) is 53.4 Å². The van der Waals surface area contributed by atoms with Gasteiger partial charge in [-0.2, -0.15) is 18.3 Å². The largest absolute Gasteiger partial charge is 0.435 e. The average molecular weight is 473 g/mol. The Labute approximate surface area is 179 Å². The van der Waals surface area contributed by atoms with Crippen LogP contribution in [0.5, 0.6) is 0 Å². The van der Waals surface area contributed by atoms with Gasteiger partial charge in [-0.1, -0.05) is 6.92 Å². The lowest BCUT2D eigenvalue weighted by Gasteiger charge is -2.11. The smallest absolute Gasteiger partial charge is 0.274 e. The van der Waals surface area contributed by atoms with E-state index in [1.54, 1.807) is 11.6 Å². The minimum absolute atomic E-state index is 0.0612. The molecule has 0 spiro atoms. The molecule has 0 aliphatic rings. The second-order valence-electron chi connectivity index (χ2n) is 6.72. The molecule has 0 fully saturated rings. The molecule has 0 aliphatic heterocycles. The highest BCUT2D eigenvalue weighted by Crippen LogP contribution is 2.34. The van der Waals surface area contributed by atoms with E-state index in [1.807, 2.05) is 0 Å². The van der Waals surface area contributed by atoms with Crippen LogP contribution in [0.4, 0.5) is 22.0 Å². The molecule has 2 aromatic carbocycles. The predicted octanol–water partition coefficient (Wildman–Crippen LogP) is 4.44. The van der Waals surface area contributed by atoms with E-state index < -0.39 is 50.0 Å². The summed E-state index contributed by atoms with van der Waals surface area (Å²) in [6.07, 6.45) is -4.51. The molecule has 1 N–H and O–H groups in total. The van der Waals surface area contributed by atoms with Crippen molar-refractivity contribution in [3.8, 4) is 16.9 Å². The lowest BCUT2D eigenvalue weighted by Crippen LogP contribution is -2.30. The molecule has 3 aromatic rings. The summed E-state index contributed by atoms with van der Waals surface area (Å²) in [5, 5.41) is 3.41. The maximum absolute atomic E-state index is 14.8. The van der Waals surface area contributed by atoms with Gasteiger partial charge in [0.15, 0.2) is 5.69 Å². The van der Waals surface area contributed by atoms with Crippen molar-refractivity contribution >= 4 is 15.9 Å². The Balaban J connectivity index is 2.09. The molecule has 0 bridgehead atoms. The molecule has 0 saturated heterocycles. The quantitative estimate of drug-likeness (QED) is 0.537. The number of hydrogen-bond donors (Lipinski definition) is 1. The molecule has 0 unspecified atom stereocenters. The molecular formula is C20H16F5N3O3S. The standard InChI is InChI=1S/C20H16F5N3O3S/c1-2-3-19(29)27-32(30,31)14-8-9-16(15(22)10-14)28-17(11-18(26-28)20(23,24)25)12-4-6-13(21)7-5-12/h4-11H,2-3H2,1H3,(H,27,29). The van der Waals surface area contributed by atoms with Crippen molar-refractivity contribution in [1.82, 2.24) is 14.5 Å². The van der Waals surface area contributed by atoms with E-state index in [0.29, 0.717) is 23.2 Å². The van der Waals surface area contributed by atoms with E-state index in [1.165, 1.54) is 12.1 Å². The van der Waals surface area contributed by atoms with Gasteiger partial charge < -0.3 is 0 Å².